The van der Waals surface area contributed by atoms with Crippen LogP contribution in [0, 0.1) is 0 Å². The molecular formula is C75H130O17P2. The molecule has 542 valence electrons. The van der Waals surface area contributed by atoms with Gasteiger partial charge in [0.1, 0.15) is 19.3 Å². The summed E-state index contributed by atoms with van der Waals surface area (Å²) in [5, 5.41) is 10.6. The summed E-state index contributed by atoms with van der Waals surface area (Å²) in [6.07, 6.45) is 68.5. The molecule has 0 aliphatic heterocycles. The Kier molecular flexibility index (Phi) is 64.7. The molecule has 0 aromatic carbocycles. The van der Waals surface area contributed by atoms with Crippen LogP contribution in [0.25, 0.3) is 0 Å². The fourth-order valence-electron chi connectivity index (χ4n) is 9.39. The molecule has 0 spiro atoms. The minimum atomic E-state index is -4.98. The molecule has 94 heavy (non-hydrogen) atoms. The van der Waals surface area contributed by atoms with Gasteiger partial charge in [-0.25, -0.2) is 9.13 Å². The molecule has 0 amide bonds. The number of allylic oxidation sites excluding steroid dienone is 16. The molecule has 3 N–H and O–H groups in total. The molecule has 0 aliphatic rings. The molecule has 5 unspecified atom stereocenters. The molecule has 0 aromatic heterocycles. The van der Waals surface area contributed by atoms with Gasteiger partial charge in [-0.2, -0.15) is 0 Å². The smallest absolute Gasteiger partial charge is 0.462 e. The third-order valence-corrected chi connectivity index (χ3v) is 16.9. The molecule has 0 bridgehead atoms. The highest BCUT2D eigenvalue weighted by atomic mass is 31.2. The van der Waals surface area contributed by atoms with E-state index >= 15 is 0 Å². The van der Waals surface area contributed by atoms with E-state index in [0.717, 1.165) is 193 Å². The lowest BCUT2D eigenvalue weighted by Gasteiger charge is -2.21. The normalized spacial score (nSPS) is 14.6. The largest absolute Gasteiger partial charge is 0.472 e. The SMILES string of the molecule is CC/C=C\C/C=C\C/C=C\C/C=C\CCCCCCCCC(=O)OCC(COP(=O)(O)OCC(O)COP(=O)(O)OCC(COC(=O)CCCCCCC/C=C\CCCC)OC(=O)CCCCCCC/C=C\CCCC)OC(=O)CCCCCCC/C=C\C/C=C\CCC. The van der Waals surface area contributed by atoms with Crippen molar-refractivity contribution in [3.63, 3.8) is 0 Å². The standard InChI is InChI=1S/C75H130O17P2/c1-5-9-13-17-21-25-29-31-32-33-34-35-36-38-41-44-48-52-56-60-73(78)86-66-71(92-75(80)62-58-54-50-46-42-37-30-26-22-18-14-10-6-2)68-90-94(83,84)88-64-69(76)63-87-93(81,82)89-67-70(91-74(79)61-57-53-49-45-40-28-24-20-16-12-8-4)65-85-72(77)59-55-51-47-43-39-27-23-19-15-11-7-3/h9,13-14,18-21,23-26,30-32,34-35,69-71,76H,5-8,10-12,15-17,22,27-29,33,36-68H2,1-4H3,(H,81,82)(H,83,84)/b13-9-,18-14-,23-19-,24-20-,25-21-,30-26-,32-31-,35-34-. The van der Waals surface area contributed by atoms with Gasteiger partial charge in [-0.1, -0.05) is 240 Å². The molecule has 5 atom stereocenters. The summed E-state index contributed by atoms with van der Waals surface area (Å²) >= 11 is 0. The van der Waals surface area contributed by atoms with Crippen molar-refractivity contribution in [3.8, 4) is 0 Å². The predicted octanol–water partition coefficient (Wildman–Crippen LogP) is 20.4. The van der Waals surface area contributed by atoms with Crippen molar-refractivity contribution in [3.05, 3.63) is 97.2 Å². The van der Waals surface area contributed by atoms with Gasteiger partial charge < -0.3 is 33.8 Å². The molecule has 0 aliphatic carbocycles. The van der Waals surface area contributed by atoms with Crippen molar-refractivity contribution in [2.24, 2.45) is 0 Å². The fraction of sp³-hybridized carbons (Fsp3) is 0.733. The van der Waals surface area contributed by atoms with Gasteiger partial charge in [0.05, 0.1) is 26.4 Å². The Morgan fingerprint density at radius 3 is 0.904 bits per heavy atom. The molecule has 0 rings (SSSR count). The summed E-state index contributed by atoms with van der Waals surface area (Å²) in [5.41, 5.74) is 0. The molecule has 19 heteroatoms. The molecule has 0 radical (unpaired) electrons. The zero-order valence-corrected chi connectivity index (χ0v) is 60.7. The van der Waals surface area contributed by atoms with Crippen LogP contribution in [0.1, 0.15) is 297 Å². The van der Waals surface area contributed by atoms with E-state index in [-0.39, 0.29) is 25.7 Å². The zero-order valence-electron chi connectivity index (χ0n) is 58.9. The number of carbonyl (C=O) groups is 4. The van der Waals surface area contributed by atoms with Crippen LogP contribution in [-0.4, -0.2) is 96.7 Å². The number of rotatable bonds is 68. The van der Waals surface area contributed by atoms with Gasteiger partial charge in [-0.3, -0.25) is 37.3 Å². The van der Waals surface area contributed by atoms with Crippen LogP contribution in [-0.2, 0) is 65.4 Å². The third kappa shape index (κ3) is 66.6. The maximum Gasteiger partial charge on any atom is 0.472 e. The number of hydrogen-bond acceptors (Lipinski definition) is 15. The van der Waals surface area contributed by atoms with Gasteiger partial charge in [0.25, 0.3) is 0 Å². The average molecular weight is 1370 g/mol. The van der Waals surface area contributed by atoms with Gasteiger partial charge >= 0.3 is 39.5 Å². The number of phosphoric ester groups is 2. The van der Waals surface area contributed by atoms with Gasteiger partial charge in [-0.05, 0) is 128 Å². The highest BCUT2D eigenvalue weighted by Gasteiger charge is 2.30. The zero-order chi connectivity index (χ0) is 69.0. The van der Waals surface area contributed by atoms with Gasteiger partial charge in [-0.15, -0.1) is 0 Å². The first-order valence-corrected chi connectivity index (χ1v) is 39.5. The Bertz CT molecular complexity index is 2170. The van der Waals surface area contributed by atoms with Crippen molar-refractivity contribution >= 4 is 39.5 Å². The lowest BCUT2D eigenvalue weighted by molar-refractivity contribution is -0.161. The Morgan fingerprint density at radius 2 is 0.574 bits per heavy atom. The molecule has 0 saturated heterocycles. The first kappa shape index (κ1) is 90.0. The van der Waals surface area contributed by atoms with E-state index in [1.165, 1.54) is 25.7 Å². The monoisotopic (exact) mass is 1360 g/mol. The highest BCUT2D eigenvalue weighted by Crippen LogP contribution is 2.45. The van der Waals surface area contributed by atoms with E-state index in [9.17, 15) is 43.2 Å². The van der Waals surface area contributed by atoms with Gasteiger partial charge in [0, 0.05) is 25.7 Å². The summed E-state index contributed by atoms with van der Waals surface area (Å²) in [6, 6.07) is 0. The van der Waals surface area contributed by atoms with Crippen molar-refractivity contribution in [2.45, 2.75) is 316 Å². The maximum absolute atomic E-state index is 13.0. The Hall–Kier alpha value is -4.02. The van der Waals surface area contributed by atoms with Crippen LogP contribution >= 0.6 is 15.6 Å². The number of phosphoric acid groups is 2. The van der Waals surface area contributed by atoms with Crippen LogP contribution in [0.4, 0.5) is 0 Å². The van der Waals surface area contributed by atoms with Crippen LogP contribution in [0.5, 0.6) is 0 Å². The number of aliphatic hydroxyl groups excluding tert-OH is 1. The summed E-state index contributed by atoms with van der Waals surface area (Å²) in [6.45, 7) is 4.56. The first-order chi connectivity index (χ1) is 45.7. The average Bonchev–Trinajstić information content (AvgIpc) is 1.73. The second-order valence-electron chi connectivity index (χ2n) is 24.1. The molecule has 0 heterocycles. The topological polar surface area (TPSA) is 237 Å². The van der Waals surface area contributed by atoms with E-state index in [2.05, 4.69) is 125 Å². The van der Waals surface area contributed by atoms with E-state index in [0.29, 0.717) is 25.7 Å². The van der Waals surface area contributed by atoms with Crippen molar-refractivity contribution < 1.29 is 80.2 Å². The van der Waals surface area contributed by atoms with Crippen LogP contribution in [0.3, 0.4) is 0 Å². The van der Waals surface area contributed by atoms with E-state index in [1.807, 2.05) is 0 Å². The van der Waals surface area contributed by atoms with Crippen molar-refractivity contribution in [1.82, 2.24) is 0 Å². The van der Waals surface area contributed by atoms with E-state index in [4.69, 9.17) is 37.0 Å². The number of ether oxygens (including phenoxy) is 4. The predicted molar refractivity (Wildman–Crippen MR) is 381 cm³/mol. The van der Waals surface area contributed by atoms with Crippen molar-refractivity contribution in [2.75, 3.05) is 39.6 Å². The summed E-state index contributed by atoms with van der Waals surface area (Å²) < 4.78 is 68.2. The second-order valence-corrected chi connectivity index (χ2v) is 27.0. The quantitative estimate of drug-likeness (QED) is 0.0169. The summed E-state index contributed by atoms with van der Waals surface area (Å²) in [7, 11) is -9.94. The maximum atomic E-state index is 13.0. The molecule has 0 aromatic rings. The molecular weight excluding hydrogens is 1230 g/mol. The number of esters is 4. The first-order valence-electron chi connectivity index (χ1n) is 36.5. The Labute approximate surface area is 569 Å². The highest BCUT2D eigenvalue weighted by molar-refractivity contribution is 7.47. The van der Waals surface area contributed by atoms with Crippen LogP contribution in [0.2, 0.25) is 0 Å². The Morgan fingerprint density at radius 1 is 0.309 bits per heavy atom. The third-order valence-electron chi connectivity index (χ3n) is 15.0. The molecule has 17 nitrogen and oxygen atoms in total. The van der Waals surface area contributed by atoms with Gasteiger partial charge in [0.2, 0.25) is 0 Å². The van der Waals surface area contributed by atoms with Crippen molar-refractivity contribution in [1.29, 1.82) is 0 Å². The Balaban J connectivity index is 5.31. The van der Waals surface area contributed by atoms with Gasteiger partial charge in [0.15, 0.2) is 12.2 Å². The summed E-state index contributed by atoms with van der Waals surface area (Å²) in [4.78, 5) is 72.6. The fourth-order valence-corrected chi connectivity index (χ4v) is 11.0. The number of aliphatic hydroxyl groups is 1. The second kappa shape index (κ2) is 67.5. The number of carbonyl (C=O) groups excluding carboxylic acids is 4. The molecule has 0 saturated carbocycles. The van der Waals surface area contributed by atoms with Crippen LogP contribution < -0.4 is 0 Å². The minimum Gasteiger partial charge on any atom is -0.462 e. The lowest BCUT2D eigenvalue weighted by Crippen LogP contribution is -2.30. The number of hydrogen-bond donors (Lipinski definition) is 3. The van der Waals surface area contributed by atoms with Crippen LogP contribution in [0.15, 0.2) is 97.2 Å². The van der Waals surface area contributed by atoms with E-state index in [1.54, 1.807) is 0 Å². The molecule has 0 fully saturated rings. The summed E-state index contributed by atoms with van der Waals surface area (Å²) in [5.74, 6) is -2.22. The lowest BCUT2D eigenvalue weighted by atomic mass is 10.1. The minimum absolute atomic E-state index is 0.0747. The van der Waals surface area contributed by atoms with E-state index < -0.39 is 97.5 Å². The number of unbranched alkanes of at least 4 members (excludes halogenated alkanes) is 26.